The number of carbonyl (C=O) groups is 2. The fourth-order valence-corrected chi connectivity index (χ4v) is 2.26. The molecule has 0 saturated heterocycles. The second-order valence-corrected chi connectivity index (χ2v) is 5.98. The molecule has 5 nitrogen and oxygen atoms in total. The standard InChI is InChI=1S/C14H24NO4/c1-14(2,3)19-13(17)15(4)11-8-6-10(7-9-11)12(16)18-5/h10-11H,4,6-9H2,1-3,5H3/q+1/t10-,11-. The lowest BCUT2D eigenvalue weighted by atomic mass is 9.86. The molecule has 0 bridgehead atoms. The first kappa shape index (κ1) is 15.7. The predicted octanol–water partition coefficient (Wildman–Crippen LogP) is 2.37. The van der Waals surface area contributed by atoms with Crippen molar-refractivity contribution >= 4 is 18.8 Å². The number of methoxy groups -OCH3 is 1. The summed E-state index contributed by atoms with van der Waals surface area (Å²) in [6.07, 6.45) is 2.55. The molecule has 0 atom stereocenters. The summed E-state index contributed by atoms with van der Waals surface area (Å²) in [5.74, 6) is -0.209. The van der Waals surface area contributed by atoms with E-state index in [1.54, 1.807) is 0 Å². The van der Waals surface area contributed by atoms with Gasteiger partial charge in [0.1, 0.15) is 12.3 Å². The van der Waals surface area contributed by atoms with Crippen LogP contribution in [0.3, 0.4) is 0 Å². The lowest BCUT2D eigenvalue weighted by molar-refractivity contribution is -0.488. The number of carbonyl (C=O) groups excluding carboxylic acids is 2. The smallest absolute Gasteiger partial charge is 0.469 e. The number of esters is 1. The van der Waals surface area contributed by atoms with Crippen LogP contribution < -0.4 is 0 Å². The van der Waals surface area contributed by atoms with Crippen molar-refractivity contribution in [3.8, 4) is 0 Å². The molecule has 0 aromatic rings. The molecule has 1 aliphatic rings. The highest BCUT2D eigenvalue weighted by atomic mass is 16.6. The Morgan fingerprint density at radius 3 is 2.11 bits per heavy atom. The van der Waals surface area contributed by atoms with Crippen molar-refractivity contribution in [2.75, 3.05) is 7.11 Å². The molecule has 1 amide bonds. The van der Waals surface area contributed by atoms with Gasteiger partial charge in [-0.1, -0.05) is 0 Å². The fourth-order valence-electron chi connectivity index (χ4n) is 2.26. The van der Waals surface area contributed by atoms with Gasteiger partial charge < -0.3 is 9.47 Å². The third kappa shape index (κ3) is 4.65. The molecule has 1 aliphatic carbocycles. The summed E-state index contributed by atoms with van der Waals surface area (Å²) in [6, 6.07) is 0.0377. The van der Waals surface area contributed by atoms with Crippen LogP contribution in [0.25, 0.3) is 0 Å². The molecule has 0 aromatic carbocycles. The van der Waals surface area contributed by atoms with E-state index in [9.17, 15) is 9.59 Å². The average molecular weight is 270 g/mol. The van der Waals surface area contributed by atoms with Crippen LogP contribution in [0.15, 0.2) is 0 Å². The monoisotopic (exact) mass is 270 g/mol. The van der Waals surface area contributed by atoms with E-state index in [-0.39, 0.29) is 17.9 Å². The van der Waals surface area contributed by atoms with E-state index in [0.29, 0.717) is 0 Å². The molecule has 0 unspecified atom stereocenters. The Bertz CT molecular complexity index is 362. The second-order valence-electron chi connectivity index (χ2n) is 5.98. The number of nitrogens with zero attached hydrogens (tertiary/aromatic N) is 1. The third-order valence-corrected chi connectivity index (χ3v) is 3.30. The summed E-state index contributed by atoms with van der Waals surface area (Å²) in [5, 5.41) is 0. The Labute approximate surface area is 114 Å². The molecule has 1 fully saturated rings. The first-order chi connectivity index (χ1) is 8.74. The van der Waals surface area contributed by atoms with Crippen LogP contribution in [0.5, 0.6) is 0 Å². The SMILES string of the molecule is C=[N+](C(=O)OC(C)(C)C)[C@H]1CC[C@H](C(=O)OC)CC1. The molecule has 0 radical (unpaired) electrons. The molecular formula is C14H24NO4+. The summed E-state index contributed by atoms with van der Waals surface area (Å²) in [5.41, 5.74) is -0.518. The van der Waals surface area contributed by atoms with Crippen LogP contribution in [-0.4, -0.2) is 42.1 Å². The van der Waals surface area contributed by atoms with E-state index in [1.807, 2.05) is 20.8 Å². The number of rotatable bonds is 2. The van der Waals surface area contributed by atoms with Gasteiger partial charge in [-0.05, 0) is 33.6 Å². The summed E-state index contributed by atoms with van der Waals surface area (Å²) < 4.78 is 11.4. The van der Waals surface area contributed by atoms with Crippen molar-refractivity contribution in [1.29, 1.82) is 0 Å². The average Bonchev–Trinajstić information content (AvgIpc) is 2.35. The lowest BCUT2D eigenvalue weighted by Crippen LogP contribution is -2.38. The summed E-state index contributed by atoms with van der Waals surface area (Å²) in [6.45, 7) is 9.26. The minimum Gasteiger partial charge on any atom is -0.469 e. The molecule has 19 heavy (non-hydrogen) atoms. The Hall–Kier alpha value is -1.39. The molecule has 0 spiro atoms. The van der Waals surface area contributed by atoms with Gasteiger partial charge in [-0.25, -0.2) is 0 Å². The van der Waals surface area contributed by atoms with E-state index in [2.05, 4.69) is 6.72 Å². The Morgan fingerprint density at radius 2 is 1.68 bits per heavy atom. The van der Waals surface area contributed by atoms with Crippen molar-refractivity contribution in [3.63, 3.8) is 0 Å². The van der Waals surface area contributed by atoms with Gasteiger partial charge in [0, 0.05) is 12.8 Å². The Morgan fingerprint density at radius 1 is 1.16 bits per heavy atom. The summed E-state index contributed by atoms with van der Waals surface area (Å²) in [4.78, 5) is 23.3. The van der Waals surface area contributed by atoms with Crippen molar-refractivity contribution in [1.82, 2.24) is 0 Å². The van der Waals surface area contributed by atoms with E-state index < -0.39 is 11.7 Å². The maximum absolute atomic E-state index is 11.9. The zero-order chi connectivity index (χ0) is 14.6. The predicted molar refractivity (Wildman–Crippen MR) is 71.4 cm³/mol. The molecule has 5 heteroatoms. The van der Waals surface area contributed by atoms with Crippen LogP contribution in [0.2, 0.25) is 0 Å². The third-order valence-electron chi connectivity index (χ3n) is 3.30. The van der Waals surface area contributed by atoms with E-state index in [1.165, 1.54) is 11.7 Å². The van der Waals surface area contributed by atoms with Gasteiger partial charge in [0.15, 0.2) is 6.04 Å². The molecule has 0 aromatic heterocycles. The zero-order valence-corrected chi connectivity index (χ0v) is 12.3. The number of hydrogen-bond donors (Lipinski definition) is 0. The maximum Gasteiger partial charge on any atom is 0.596 e. The highest BCUT2D eigenvalue weighted by molar-refractivity contribution is 5.72. The van der Waals surface area contributed by atoms with E-state index in [0.717, 1.165) is 25.7 Å². The quantitative estimate of drug-likeness (QED) is 0.439. The number of ether oxygens (including phenoxy) is 2. The fraction of sp³-hybridized carbons (Fsp3) is 0.786. The normalized spacial score (nSPS) is 23.6. The van der Waals surface area contributed by atoms with Gasteiger partial charge in [-0.2, -0.15) is 4.79 Å². The lowest BCUT2D eigenvalue weighted by Gasteiger charge is -2.25. The molecule has 1 saturated carbocycles. The minimum absolute atomic E-state index is 0.0377. The van der Waals surface area contributed by atoms with Crippen molar-refractivity contribution in [2.24, 2.45) is 5.92 Å². The number of amides is 1. The Kier molecular flexibility index (Phi) is 5.09. The summed E-state index contributed by atoms with van der Waals surface area (Å²) in [7, 11) is 1.41. The van der Waals surface area contributed by atoms with Crippen molar-refractivity contribution in [2.45, 2.75) is 58.1 Å². The van der Waals surface area contributed by atoms with Crippen molar-refractivity contribution in [3.05, 3.63) is 0 Å². The van der Waals surface area contributed by atoms with Gasteiger partial charge in [0.05, 0.1) is 13.0 Å². The largest absolute Gasteiger partial charge is 0.596 e. The highest BCUT2D eigenvalue weighted by Crippen LogP contribution is 2.27. The molecular weight excluding hydrogens is 246 g/mol. The topological polar surface area (TPSA) is 55.6 Å². The van der Waals surface area contributed by atoms with Gasteiger partial charge in [0.2, 0.25) is 0 Å². The van der Waals surface area contributed by atoms with Gasteiger partial charge in [-0.3, -0.25) is 4.79 Å². The van der Waals surface area contributed by atoms with Crippen LogP contribution in [0.4, 0.5) is 4.79 Å². The zero-order valence-electron chi connectivity index (χ0n) is 12.3. The first-order valence-electron chi connectivity index (χ1n) is 6.65. The van der Waals surface area contributed by atoms with Crippen LogP contribution >= 0.6 is 0 Å². The minimum atomic E-state index is -0.518. The molecule has 108 valence electrons. The second kappa shape index (κ2) is 6.17. The number of hydrogen-bond acceptors (Lipinski definition) is 4. The van der Waals surface area contributed by atoms with Crippen LogP contribution in [0.1, 0.15) is 46.5 Å². The maximum atomic E-state index is 11.9. The first-order valence-corrected chi connectivity index (χ1v) is 6.65. The van der Waals surface area contributed by atoms with Gasteiger partial charge in [-0.15, -0.1) is 4.58 Å². The summed E-state index contributed by atoms with van der Waals surface area (Å²) >= 11 is 0. The Balaban J connectivity index is 2.49. The van der Waals surface area contributed by atoms with E-state index in [4.69, 9.17) is 9.47 Å². The van der Waals surface area contributed by atoms with Crippen molar-refractivity contribution < 1.29 is 23.6 Å². The van der Waals surface area contributed by atoms with Crippen LogP contribution in [0, 0.1) is 5.92 Å². The molecule has 0 heterocycles. The molecule has 0 aliphatic heterocycles. The van der Waals surface area contributed by atoms with E-state index >= 15 is 0 Å². The van der Waals surface area contributed by atoms with Gasteiger partial charge >= 0.3 is 12.1 Å². The molecule has 1 rings (SSSR count). The van der Waals surface area contributed by atoms with Gasteiger partial charge in [0.25, 0.3) is 0 Å². The van der Waals surface area contributed by atoms with Crippen LogP contribution in [-0.2, 0) is 14.3 Å². The molecule has 0 N–H and O–H groups in total. The highest BCUT2D eigenvalue weighted by Gasteiger charge is 2.36.